The summed E-state index contributed by atoms with van der Waals surface area (Å²) in [6.45, 7) is 9.90. The molecule has 1 aliphatic heterocycles. The minimum atomic E-state index is -4.10. The average molecular weight is 618 g/mol. The molecule has 5 rings (SSSR count). The predicted molar refractivity (Wildman–Crippen MR) is 167 cm³/mol. The van der Waals surface area contributed by atoms with E-state index in [1.807, 2.05) is 45.0 Å². The van der Waals surface area contributed by atoms with Crippen molar-refractivity contribution in [3.05, 3.63) is 94.7 Å². The van der Waals surface area contributed by atoms with Crippen LogP contribution in [0, 0.1) is 20.8 Å². The van der Waals surface area contributed by atoms with Gasteiger partial charge in [0, 0.05) is 43.0 Å². The van der Waals surface area contributed by atoms with Gasteiger partial charge in [-0.25, -0.2) is 13.2 Å². The number of carbonyl (C=O) groups is 2. The topological polar surface area (TPSA) is 134 Å². The smallest absolute Gasteiger partial charge is 0.356 e. The molecule has 1 amide bonds. The third kappa shape index (κ3) is 6.23. The molecular formula is C32H35N5O6S. The minimum absolute atomic E-state index is 0.0230. The van der Waals surface area contributed by atoms with Gasteiger partial charge in [-0.1, -0.05) is 42.8 Å². The lowest BCUT2D eigenvalue weighted by atomic mass is 10.1. The van der Waals surface area contributed by atoms with Crippen molar-refractivity contribution in [1.29, 1.82) is 0 Å². The van der Waals surface area contributed by atoms with E-state index in [9.17, 15) is 23.1 Å². The van der Waals surface area contributed by atoms with Crippen LogP contribution in [0.25, 0.3) is 5.69 Å². The Labute approximate surface area is 256 Å². The van der Waals surface area contributed by atoms with E-state index < -0.39 is 16.0 Å². The van der Waals surface area contributed by atoms with Crippen LogP contribution in [0.1, 0.15) is 44.5 Å². The van der Waals surface area contributed by atoms with E-state index in [4.69, 9.17) is 4.74 Å². The quantitative estimate of drug-likeness (QED) is 0.272. The Hall–Kier alpha value is -4.52. The lowest BCUT2D eigenvalue weighted by Gasteiger charge is -2.33. The lowest BCUT2D eigenvalue weighted by Crippen LogP contribution is -2.48. The molecule has 2 N–H and O–H groups in total. The summed E-state index contributed by atoms with van der Waals surface area (Å²) in [5.41, 5.74) is 3.07. The molecule has 2 heterocycles. The summed E-state index contributed by atoms with van der Waals surface area (Å²) < 4.78 is 37.3. The number of hydrogen-bond donors (Lipinski definition) is 2. The number of aromatic nitrogens is 2. The van der Waals surface area contributed by atoms with Crippen molar-refractivity contribution in [2.45, 2.75) is 32.6 Å². The Morgan fingerprint density at radius 3 is 2.27 bits per heavy atom. The summed E-state index contributed by atoms with van der Waals surface area (Å²) in [5.74, 6) is -1.58. The van der Waals surface area contributed by atoms with E-state index in [2.05, 4.69) is 15.3 Å². The Balaban J connectivity index is 1.59. The van der Waals surface area contributed by atoms with Crippen molar-refractivity contribution >= 4 is 27.6 Å². The molecule has 230 valence electrons. The number of rotatable bonds is 9. The highest BCUT2D eigenvalue weighted by Gasteiger charge is 2.32. The summed E-state index contributed by atoms with van der Waals surface area (Å²) in [6, 6.07) is 18.8. The molecule has 1 aliphatic rings. The van der Waals surface area contributed by atoms with Gasteiger partial charge in [0.1, 0.15) is 10.6 Å². The van der Waals surface area contributed by atoms with Crippen LogP contribution >= 0.6 is 0 Å². The van der Waals surface area contributed by atoms with Crippen LogP contribution in [0.2, 0.25) is 0 Å². The predicted octanol–water partition coefficient (Wildman–Crippen LogP) is 4.87. The number of piperazine rings is 1. The van der Waals surface area contributed by atoms with Crippen LogP contribution in [0.4, 0.5) is 5.69 Å². The normalized spacial score (nSPS) is 14.4. The number of nitrogens with zero attached hydrogens (tertiary/aromatic N) is 4. The van der Waals surface area contributed by atoms with Gasteiger partial charge in [-0.3, -0.25) is 4.79 Å². The van der Waals surface area contributed by atoms with E-state index in [1.165, 1.54) is 21.1 Å². The fourth-order valence-corrected chi connectivity index (χ4v) is 6.65. The Morgan fingerprint density at radius 1 is 0.955 bits per heavy atom. The number of ether oxygens (including phenoxy) is 1. The van der Waals surface area contributed by atoms with E-state index in [1.54, 1.807) is 37.3 Å². The van der Waals surface area contributed by atoms with Crippen molar-refractivity contribution in [2.75, 3.05) is 38.0 Å². The molecule has 11 nitrogen and oxygen atoms in total. The van der Waals surface area contributed by atoms with Crippen molar-refractivity contribution in [1.82, 2.24) is 19.0 Å². The van der Waals surface area contributed by atoms with Gasteiger partial charge in [0.25, 0.3) is 5.91 Å². The maximum Gasteiger partial charge on any atom is 0.356 e. The van der Waals surface area contributed by atoms with Gasteiger partial charge in [-0.05, 0) is 69.3 Å². The average Bonchev–Trinajstić information content (AvgIpc) is 3.34. The number of benzene rings is 3. The zero-order valence-corrected chi connectivity index (χ0v) is 25.9. The Morgan fingerprint density at radius 2 is 1.64 bits per heavy atom. The number of sulfonamides is 1. The van der Waals surface area contributed by atoms with Gasteiger partial charge in [0.15, 0.2) is 5.69 Å². The van der Waals surface area contributed by atoms with E-state index in [-0.39, 0.29) is 39.4 Å². The first-order valence-electron chi connectivity index (χ1n) is 14.3. The maximum atomic E-state index is 14.1. The summed E-state index contributed by atoms with van der Waals surface area (Å²) in [7, 11) is -4.10. The van der Waals surface area contributed by atoms with Gasteiger partial charge in [0.05, 0.1) is 5.69 Å². The third-order valence-corrected chi connectivity index (χ3v) is 9.66. The fourth-order valence-electron chi connectivity index (χ4n) is 5.09. The van der Waals surface area contributed by atoms with E-state index in [0.29, 0.717) is 37.4 Å². The molecule has 0 unspecified atom stereocenters. The Kier molecular flexibility index (Phi) is 8.86. The number of anilines is 1. The summed E-state index contributed by atoms with van der Waals surface area (Å²) in [4.78, 5) is 27.1. The lowest BCUT2D eigenvalue weighted by molar-refractivity contribution is 0.0689. The molecule has 0 spiro atoms. The molecule has 1 aromatic heterocycles. The van der Waals surface area contributed by atoms with Crippen LogP contribution in [0.5, 0.6) is 11.6 Å². The van der Waals surface area contributed by atoms with Crippen molar-refractivity contribution in [3.63, 3.8) is 0 Å². The monoisotopic (exact) mass is 617 g/mol. The van der Waals surface area contributed by atoms with E-state index in [0.717, 1.165) is 17.7 Å². The number of carboxylic acid groups (broad SMARTS) is 1. The van der Waals surface area contributed by atoms with Crippen molar-refractivity contribution in [3.8, 4) is 17.3 Å². The molecule has 0 atom stereocenters. The largest absolute Gasteiger partial charge is 0.476 e. The Bertz CT molecular complexity index is 1810. The molecule has 44 heavy (non-hydrogen) atoms. The number of likely N-dealkylation sites (N-methyl/N-ethyl adjacent to an activating group) is 1. The summed E-state index contributed by atoms with van der Waals surface area (Å²) >= 11 is 0. The van der Waals surface area contributed by atoms with E-state index >= 15 is 0 Å². The molecule has 3 aromatic carbocycles. The van der Waals surface area contributed by atoms with Crippen LogP contribution in [0.15, 0.2) is 71.6 Å². The fraction of sp³-hybridized carbons (Fsp3) is 0.281. The number of aromatic carboxylic acids is 1. The second-order valence-electron chi connectivity index (χ2n) is 10.7. The highest BCUT2D eigenvalue weighted by molar-refractivity contribution is 7.89. The SMILES string of the molecule is CCN1CCN(S(=O)(=O)c2cc(NC(=O)c3ccccc3C)ccc2Oc2c(C)c(C(=O)O)nn2-c2ccc(C)cc2)CC1. The van der Waals surface area contributed by atoms with Gasteiger partial charge in [0.2, 0.25) is 15.9 Å². The number of amides is 1. The molecule has 0 aliphatic carbocycles. The molecule has 12 heteroatoms. The molecular weight excluding hydrogens is 582 g/mol. The summed E-state index contributed by atoms with van der Waals surface area (Å²) in [5, 5.41) is 16.9. The number of carbonyl (C=O) groups excluding carboxylic acids is 1. The van der Waals surface area contributed by atoms with Crippen LogP contribution < -0.4 is 10.1 Å². The van der Waals surface area contributed by atoms with Crippen LogP contribution in [0.3, 0.4) is 0 Å². The molecule has 0 radical (unpaired) electrons. The number of hydrogen-bond acceptors (Lipinski definition) is 7. The molecule has 0 saturated carbocycles. The second kappa shape index (κ2) is 12.6. The highest BCUT2D eigenvalue weighted by Crippen LogP contribution is 2.37. The molecule has 1 fully saturated rings. The highest BCUT2D eigenvalue weighted by atomic mass is 32.2. The third-order valence-electron chi connectivity index (χ3n) is 7.74. The second-order valence-corrected chi connectivity index (χ2v) is 12.6. The van der Waals surface area contributed by atoms with Gasteiger partial charge in [-0.15, -0.1) is 0 Å². The van der Waals surface area contributed by atoms with Crippen molar-refractivity contribution in [2.24, 2.45) is 0 Å². The number of nitrogens with one attached hydrogen (secondary N) is 1. The summed E-state index contributed by atoms with van der Waals surface area (Å²) in [6.07, 6.45) is 0. The standard InChI is InChI=1S/C32H35N5O6S/c1-5-35-16-18-36(19-17-35)44(41,42)28-20-24(33-30(38)26-9-7-6-8-22(26)3)12-15-27(28)43-31-23(4)29(32(39)40)34-37(31)25-13-10-21(2)11-14-25/h6-15,20H,5,16-19H2,1-4H3,(H,33,38)(H,39,40). The first-order chi connectivity index (χ1) is 21.0. The van der Waals surface area contributed by atoms with Gasteiger partial charge >= 0.3 is 5.97 Å². The van der Waals surface area contributed by atoms with Crippen molar-refractivity contribution < 1.29 is 27.9 Å². The first-order valence-corrected chi connectivity index (χ1v) is 15.7. The zero-order valence-electron chi connectivity index (χ0n) is 25.1. The number of aryl methyl sites for hydroxylation is 2. The van der Waals surface area contributed by atoms with Gasteiger partial charge in [-0.2, -0.15) is 14.1 Å². The number of carboxylic acids is 1. The van der Waals surface area contributed by atoms with Crippen LogP contribution in [-0.2, 0) is 10.0 Å². The van der Waals surface area contributed by atoms with Crippen LogP contribution in [-0.4, -0.2) is 77.1 Å². The maximum absolute atomic E-state index is 14.1. The van der Waals surface area contributed by atoms with Gasteiger partial charge < -0.3 is 20.1 Å². The molecule has 4 aromatic rings. The minimum Gasteiger partial charge on any atom is -0.476 e. The first kappa shape index (κ1) is 30.9. The molecule has 0 bridgehead atoms. The molecule has 1 saturated heterocycles. The zero-order chi connectivity index (χ0) is 31.6.